The number of aliphatic hydroxyl groups is 3. The van der Waals surface area contributed by atoms with Crippen molar-refractivity contribution >= 4 is 23.6 Å². The molecule has 28 heavy (non-hydrogen) atoms. The van der Waals surface area contributed by atoms with Gasteiger partial charge in [0, 0.05) is 20.0 Å². The zero-order chi connectivity index (χ0) is 21.4. The third-order valence-corrected chi connectivity index (χ3v) is 4.07. The van der Waals surface area contributed by atoms with Crippen LogP contribution in [0.1, 0.15) is 19.8 Å². The highest BCUT2D eigenvalue weighted by molar-refractivity contribution is 5.99. The first kappa shape index (κ1) is 23.9. The van der Waals surface area contributed by atoms with Crippen LogP contribution < -0.4 is 21.7 Å². The molecule has 0 spiro atoms. The van der Waals surface area contributed by atoms with Crippen molar-refractivity contribution < 1.29 is 44.3 Å². The van der Waals surface area contributed by atoms with Crippen LogP contribution in [0.15, 0.2) is 0 Å². The lowest BCUT2D eigenvalue weighted by Crippen LogP contribution is -2.68. The second-order valence-electron chi connectivity index (χ2n) is 6.25. The molecule has 1 fully saturated rings. The van der Waals surface area contributed by atoms with E-state index in [2.05, 4.69) is 16.0 Å². The van der Waals surface area contributed by atoms with Gasteiger partial charge in [0.1, 0.15) is 30.8 Å². The Kier molecular flexibility index (Phi) is 9.37. The van der Waals surface area contributed by atoms with Crippen molar-refractivity contribution in [2.75, 3.05) is 13.3 Å². The number of amides is 2. The van der Waals surface area contributed by atoms with E-state index < -0.39 is 79.6 Å². The van der Waals surface area contributed by atoms with Gasteiger partial charge >= 0.3 is 5.97 Å². The summed E-state index contributed by atoms with van der Waals surface area (Å²) in [6.45, 7) is 0.308. The van der Waals surface area contributed by atoms with Crippen LogP contribution in [0.5, 0.6) is 0 Å². The number of Topliss-reactive ketones (excluding diaryl/α,β-unsaturated/α-hetero) is 1. The quantitative estimate of drug-likeness (QED) is 0.127. The van der Waals surface area contributed by atoms with E-state index in [1.165, 1.54) is 0 Å². The Balaban J connectivity index is 2.87. The smallest absolute Gasteiger partial charge is 0.310 e. The van der Waals surface area contributed by atoms with E-state index in [0.29, 0.717) is 0 Å². The normalized spacial score (nSPS) is 28.2. The molecule has 9 N–H and O–H groups in total. The SMILES string of the molecule is CC(=O)N[C@@H]1[C@@H](O)[C@H](O)[C@@H](CO)O[C@H]1NC(=O)C[C@H](NCN)C(=O)CC(=O)O. The Hall–Kier alpha value is -2.16. The van der Waals surface area contributed by atoms with Gasteiger partial charge in [-0.1, -0.05) is 0 Å². The molecule has 1 aliphatic rings. The summed E-state index contributed by atoms with van der Waals surface area (Å²) in [5.41, 5.74) is 5.30. The van der Waals surface area contributed by atoms with E-state index in [9.17, 15) is 34.5 Å². The molecule has 1 rings (SSSR count). The lowest BCUT2D eigenvalue weighted by Gasteiger charge is -2.42. The van der Waals surface area contributed by atoms with Gasteiger partial charge in [-0.05, 0) is 0 Å². The van der Waals surface area contributed by atoms with E-state index in [4.69, 9.17) is 15.6 Å². The third-order valence-electron chi connectivity index (χ3n) is 4.07. The summed E-state index contributed by atoms with van der Waals surface area (Å²) in [5, 5.41) is 45.2. The van der Waals surface area contributed by atoms with Crippen LogP contribution in [0.3, 0.4) is 0 Å². The first-order valence-corrected chi connectivity index (χ1v) is 8.47. The fourth-order valence-corrected chi connectivity index (χ4v) is 2.75. The average molecular weight is 406 g/mol. The predicted octanol–water partition coefficient (Wildman–Crippen LogP) is -4.65. The average Bonchev–Trinajstić information content (AvgIpc) is 2.59. The minimum absolute atomic E-state index is 0.185. The molecule has 0 bridgehead atoms. The summed E-state index contributed by atoms with van der Waals surface area (Å²) >= 11 is 0. The monoisotopic (exact) mass is 406 g/mol. The van der Waals surface area contributed by atoms with Crippen molar-refractivity contribution in [2.24, 2.45) is 5.73 Å². The highest BCUT2D eigenvalue weighted by Gasteiger charge is 2.45. The Bertz CT molecular complexity index is 588. The number of hydrogen-bond donors (Lipinski definition) is 8. The molecule has 1 saturated heterocycles. The molecule has 0 aromatic heterocycles. The van der Waals surface area contributed by atoms with E-state index in [-0.39, 0.29) is 6.67 Å². The summed E-state index contributed by atoms with van der Waals surface area (Å²) in [4.78, 5) is 46.3. The fourth-order valence-electron chi connectivity index (χ4n) is 2.75. The van der Waals surface area contributed by atoms with Crippen LogP contribution in [-0.2, 0) is 23.9 Å². The molecule has 0 unspecified atom stereocenters. The van der Waals surface area contributed by atoms with Crippen LogP contribution in [0, 0.1) is 0 Å². The number of aliphatic carboxylic acids is 1. The Morgan fingerprint density at radius 2 is 1.79 bits per heavy atom. The molecular weight excluding hydrogens is 380 g/mol. The molecule has 0 radical (unpaired) electrons. The van der Waals surface area contributed by atoms with Crippen LogP contribution in [0.25, 0.3) is 0 Å². The third kappa shape index (κ3) is 6.78. The molecule has 1 aliphatic heterocycles. The number of carbonyl (C=O) groups is 4. The molecule has 0 saturated carbocycles. The van der Waals surface area contributed by atoms with Gasteiger partial charge in [0.15, 0.2) is 12.0 Å². The largest absolute Gasteiger partial charge is 0.481 e. The van der Waals surface area contributed by atoms with Crippen LogP contribution in [0.4, 0.5) is 0 Å². The van der Waals surface area contributed by atoms with Gasteiger partial charge in [-0.15, -0.1) is 0 Å². The number of aliphatic hydroxyl groups excluding tert-OH is 3. The van der Waals surface area contributed by atoms with E-state index in [1.54, 1.807) is 0 Å². The number of rotatable bonds is 10. The number of ketones is 1. The van der Waals surface area contributed by atoms with Crippen LogP contribution in [0.2, 0.25) is 0 Å². The number of hydrogen-bond acceptors (Lipinski definition) is 10. The minimum Gasteiger partial charge on any atom is -0.481 e. The highest BCUT2D eigenvalue weighted by Crippen LogP contribution is 2.20. The summed E-state index contributed by atoms with van der Waals surface area (Å²) < 4.78 is 5.34. The van der Waals surface area contributed by atoms with Crippen molar-refractivity contribution in [2.45, 2.75) is 56.4 Å². The van der Waals surface area contributed by atoms with Crippen LogP contribution >= 0.6 is 0 Å². The van der Waals surface area contributed by atoms with Gasteiger partial charge < -0.3 is 41.5 Å². The van der Waals surface area contributed by atoms with E-state index in [0.717, 1.165) is 6.92 Å². The summed E-state index contributed by atoms with van der Waals surface area (Å²) in [7, 11) is 0. The van der Waals surface area contributed by atoms with Gasteiger partial charge in [-0.3, -0.25) is 24.5 Å². The van der Waals surface area contributed by atoms with Crippen molar-refractivity contribution in [3.05, 3.63) is 0 Å². The highest BCUT2D eigenvalue weighted by atomic mass is 16.5. The summed E-state index contributed by atoms with van der Waals surface area (Å²) in [6, 6.07) is -2.40. The summed E-state index contributed by atoms with van der Waals surface area (Å²) in [5.74, 6) is -3.47. The lowest BCUT2D eigenvalue weighted by molar-refractivity contribution is -0.203. The Labute approximate surface area is 160 Å². The molecule has 160 valence electrons. The predicted molar refractivity (Wildman–Crippen MR) is 91.4 cm³/mol. The number of carboxylic acids is 1. The molecule has 0 aromatic carbocycles. The van der Waals surface area contributed by atoms with Gasteiger partial charge in [-0.25, -0.2) is 0 Å². The fraction of sp³-hybridized carbons (Fsp3) is 0.733. The molecule has 13 nitrogen and oxygen atoms in total. The van der Waals surface area contributed by atoms with Gasteiger partial charge in [0.25, 0.3) is 0 Å². The van der Waals surface area contributed by atoms with Gasteiger partial charge in [0.05, 0.1) is 12.6 Å². The first-order valence-electron chi connectivity index (χ1n) is 8.47. The number of nitrogens with one attached hydrogen (secondary N) is 3. The summed E-state index contributed by atoms with van der Waals surface area (Å²) in [6.07, 6.45) is -6.91. The Morgan fingerprint density at radius 1 is 1.14 bits per heavy atom. The second-order valence-corrected chi connectivity index (χ2v) is 6.25. The maximum Gasteiger partial charge on any atom is 0.310 e. The lowest BCUT2D eigenvalue weighted by atomic mass is 9.95. The zero-order valence-electron chi connectivity index (χ0n) is 15.2. The minimum atomic E-state index is -1.55. The topological polar surface area (TPSA) is 221 Å². The first-order chi connectivity index (χ1) is 13.1. The standard InChI is InChI=1S/C15H26N4O9/c1-6(21)18-12-14(27)13(26)9(4-20)28-15(12)19-10(23)2-7(17-5-16)8(22)3-11(24)25/h7,9,12-15,17,20,26-27H,2-5,16H2,1H3,(H,18,21)(H,19,23)(H,24,25)/t7-,9+,12+,13+,14+,15+/m0/s1. The zero-order valence-corrected chi connectivity index (χ0v) is 15.2. The maximum absolute atomic E-state index is 12.3. The number of carboxylic acid groups (broad SMARTS) is 1. The van der Waals surface area contributed by atoms with Crippen molar-refractivity contribution in [1.29, 1.82) is 0 Å². The molecule has 1 heterocycles. The molecule has 2 amide bonds. The van der Waals surface area contributed by atoms with Crippen molar-refractivity contribution in [3.63, 3.8) is 0 Å². The number of carbonyl (C=O) groups excluding carboxylic acids is 3. The van der Waals surface area contributed by atoms with Gasteiger partial charge in [-0.2, -0.15) is 0 Å². The molecule has 0 aromatic rings. The number of nitrogens with two attached hydrogens (primary N) is 1. The van der Waals surface area contributed by atoms with E-state index in [1.807, 2.05) is 0 Å². The van der Waals surface area contributed by atoms with Gasteiger partial charge in [0.2, 0.25) is 11.8 Å². The second kappa shape index (κ2) is 11.0. The van der Waals surface area contributed by atoms with Crippen molar-refractivity contribution in [3.8, 4) is 0 Å². The number of ether oxygens (including phenoxy) is 1. The Morgan fingerprint density at radius 3 is 2.29 bits per heavy atom. The van der Waals surface area contributed by atoms with Crippen molar-refractivity contribution in [1.82, 2.24) is 16.0 Å². The maximum atomic E-state index is 12.3. The molecule has 0 aliphatic carbocycles. The molecular formula is C15H26N4O9. The molecule has 13 heteroatoms. The van der Waals surface area contributed by atoms with Crippen LogP contribution in [-0.4, -0.2) is 93.9 Å². The van der Waals surface area contributed by atoms with E-state index >= 15 is 0 Å². The molecule has 6 atom stereocenters.